The van der Waals surface area contributed by atoms with Crippen molar-refractivity contribution in [2.24, 2.45) is 7.05 Å². The summed E-state index contributed by atoms with van der Waals surface area (Å²) >= 11 is 0. The minimum Gasteiger partial charge on any atom is -0.479 e. The molecule has 0 saturated heterocycles. The second kappa shape index (κ2) is 7.31. The SMILES string of the molecule is COc1nn(C)cc1C(=O)Nc1cccc(-c2nncn2C(C)CO)n1. The summed E-state index contributed by atoms with van der Waals surface area (Å²) in [6.07, 6.45) is 3.10. The molecule has 1 amide bonds. The molecule has 1 unspecified atom stereocenters. The molecule has 0 aromatic carbocycles. The zero-order valence-electron chi connectivity index (χ0n) is 14.6. The number of hydrogen-bond donors (Lipinski definition) is 2. The van der Waals surface area contributed by atoms with Gasteiger partial charge in [0.05, 0.1) is 19.8 Å². The first-order chi connectivity index (χ1) is 12.5. The lowest BCUT2D eigenvalue weighted by Gasteiger charge is -2.12. The number of ether oxygens (including phenoxy) is 1. The Kier molecular flexibility index (Phi) is 4.94. The Labute approximate surface area is 149 Å². The van der Waals surface area contributed by atoms with Gasteiger partial charge in [-0.1, -0.05) is 6.07 Å². The highest BCUT2D eigenvalue weighted by atomic mass is 16.5. The fraction of sp³-hybridized carbons (Fsp3) is 0.312. The molecule has 2 N–H and O–H groups in total. The van der Waals surface area contributed by atoms with Crippen molar-refractivity contribution >= 4 is 11.7 Å². The first-order valence-corrected chi connectivity index (χ1v) is 7.90. The van der Waals surface area contributed by atoms with Crippen LogP contribution in [0, 0.1) is 0 Å². The van der Waals surface area contributed by atoms with E-state index in [9.17, 15) is 9.90 Å². The van der Waals surface area contributed by atoms with Crippen LogP contribution in [0.4, 0.5) is 5.82 Å². The lowest BCUT2D eigenvalue weighted by molar-refractivity contribution is 0.102. The first-order valence-electron chi connectivity index (χ1n) is 7.90. The van der Waals surface area contributed by atoms with Crippen LogP contribution in [-0.4, -0.2) is 54.3 Å². The molecule has 0 aliphatic heterocycles. The highest BCUT2D eigenvalue weighted by Gasteiger charge is 2.18. The zero-order chi connectivity index (χ0) is 18.7. The van der Waals surface area contributed by atoms with Gasteiger partial charge in [0, 0.05) is 13.2 Å². The Morgan fingerprint density at radius 3 is 2.96 bits per heavy atom. The molecule has 0 saturated carbocycles. The maximum atomic E-state index is 12.5. The van der Waals surface area contributed by atoms with Gasteiger partial charge < -0.3 is 19.7 Å². The lowest BCUT2D eigenvalue weighted by Crippen LogP contribution is -2.14. The van der Waals surface area contributed by atoms with Gasteiger partial charge >= 0.3 is 0 Å². The topological polar surface area (TPSA) is 120 Å². The molecular formula is C16H19N7O3. The minimum atomic E-state index is -0.384. The predicted octanol–water partition coefficient (Wildman–Crippen LogP) is 0.888. The van der Waals surface area contributed by atoms with Crippen LogP contribution in [-0.2, 0) is 7.05 Å². The van der Waals surface area contributed by atoms with E-state index >= 15 is 0 Å². The minimum absolute atomic E-state index is 0.0533. The van der Waals surface area contributed by atoms with Gasteiger partial charge in [0.1, 0.15) is 23.4 Å². The number of rotatable bonds is 6. The summed E-state index contributed by atoms with van der Waals surface area (Å²) in [6, 6.07) is 4.98. The zero-order valence-corrected chi connectivity index (χ0v) is 14.6. The highest BCUT2D eigenvalue weighted by molar-refractivity contribution is 6.05. The van der Waals surface area contributed by atoms with Gasteiger partial charge in [0.2, 0.25) is 5.88 Å². The van der Waals surface area contributed by atoms with E-state index in [1.54, 1.807) is 36.0 Å². The van der Waals surface area contributed by atoms with Crippen LogP contribution in [0.15, 0.2) is 30.7 Å². The van der Waals surface area contributed by atoms with Gasteiger partial charge in [0.25, 0.3) is 5.91 Å². The van der Waals surface area contributed by atoms with Gasteiger partial charge in [-0.15, -0.1) is 15.3 Å². The van der Waals surface area contributed by atoms with E-state index in [-0.39, 0.29) is 24.4 Å². The number of hydrogen-bond acceptors (Lipinski definition) is 7. The van der Waals surface area contributed by atoms with Crippen LogP contribution in [0.1, 0.15) is 23.3 Å². The average molecular weight is 357 g/mol. The number of aromatic nitrogens is 6. The molecule has 10 nitrogen and oxygen atoms in total. The molecule has 3 aromatic heterocycles. The molecular weight excluding hydrogens is 338 g/mol. The number of methoxy groups -OCH3 is 1. The summed E-state index contributed by atoms with van der Waals surface area (Å²) in [5, 5.41) is 24.1. The number of amides is 1. The van der Waals surface area contributed by atoms with Gasteiger partial charge in [-0.3, -0.25) is 9.48 Å². The van der Waals surface area contributed by atoms with Crippen molar-refractivity contribution in [2.75, 3.05) is 19.0 Å². The van der Waals surface area contributed by atoms with Crippen molar-refractivity contribution in [3.8, 4) is 17.4 Å². The number of nitrogens with zero attached hydrogens (tertiary/aromatic N) is 6. The van der Waals surface area contributed by atoms with Crippen LogP contribution in [0.5, 0.6) is 5.88 Å². The van der Waals surface area contributed by atoms with E-state index < -0.39 is 0 Å². The number of aryl methyl sites for hydroxylation is 1. The molecule has 136 valence electrons. The summed E-state index contributed by atoms with van der Waals surface area (Å²) in [6.45, 7) is 1.79. The number of aliphatic hydroxyl groups is 1. The molecule has 0 spiro atoms. The molecule has 0 fully saturated rings. The molecule has 3 rings (SSSR count). The molecule has 26 heavy (non-hydrogen) atoms. The quantitative estimate of drug-likeness (QED) is 0.672. The Morgan fingerprint density at radius 2 is 2.23 bits per heavy atom. The average Bonchev–Trinajstić information content (AvgIpc) is 3.27. The third kappa shape index (κ3) is 3.40. The molecule has 0 aliphatic carbocycles. The van der Waals surface area contributed by atoms with E-state index in [1.807, 2.05) is 6.92 Å². The molecule has 3 heterocycles. The number of nitrogens with one attached hydrogen (secondary N) is 1. The fourth-order valence-electron chi connectivity index (χ4n) is 2.42. The number of carbonyl (C=O) groups excluding carboxylic acids is 1. The molecule has 3 aromatic rings. The molecule has 0 radical (unpaired) electrons. The standard InChI is InChI=1S/C16H19N7O3/c1-10(8-24)23-9-17-20-14(23)12-5-4-6-13(18-12)19-15(25)11-7-22(2)21-16(11)26-3/h4-7,9-10,24H,8H2,1-3H3,(H,18,19,25). The number of pyridine rings is 1. The first kappa shape index (κ1) is 17.5. The fourth-order valence-corrected chi connectivity index (χ4v) is 2.42. The Bertz CT molecular complexity index is 918. The Morgan fingerprint density at radius 1 is 1.42 bits per heavy atom. The van der Waals surface area contributed by atoms with Crippen molar-refractivity contribution in [1.82, 2.24) is 29.5 Å². The van der Waals surface area contributed by atoms with Crippen LogP contribution in [0.2, 0.25) is 0 Å². The summed E-state index contributed by atoms with van der Waals surface area (Å²) in [5.41, 5.74) is 0.832. The van der Waals surface area contributed by atoms with Crippen LogP contribution in [0.3, 0.4) is 0 Å². The number of aliphatic hydroxyl groups excluding tert-OH is 1. The normalized spacial score (nSPS) is 12.0. The summed E-state index contributed by atoms with van der Waals surface area (Å²) in [7, 11) is 3.15. The highest BCUT2D eigenvalue weighted by Crippen LogP contribution is 2.21. The van der Waals surface area contributed by atoms with Crippen molar-refractivity contribution in [3.63, 3.8) is 0 Å². The Balaban J connectivity index is 1.86. The largest absolute Gasteiger partial charge is 0.479 e. The van der Waals surface area contributed by atoms with Crippen LogP contribution >= 0.6 is 0 Å². The summed E-state index contributed by atoms with van der Waals surface area (Å²) in [4.78, 5) is 16.9. The molecule has 1 atom stereocenters. The second-order valence-corrected chi connectivity index (χ2v) is 5.68. The summed E-state index contributed by atoms with van der Waals surface area (Å²) in [5.74, 6) is 0.702. The van der Waals surface area contributed by atoms with Crippen molar-refractivity contribution in [3.05, 3.63) is 36.3 Å². The second-order valence-electron chi connectivity index (χ2n) is 5.68. The number of carbonyl (C=O) groups is 1. The van der Waals surface area contributed by atoms with Gasteiger partial charge in [-0.05, 0) is 19.1 Å². The molecule has 10 heteroatoms. The summed E-state index contributed by atoms with van der Waals surface area (Å²) < 4.78 is 8.32. The van der Waals surface area contributed by atoms with E-state index in [2.05, 4.69) is 25.6 Å². The lowest BCUT2D eigenvalue weighted by atomic mass is 10.3. The molecule has 0 bridgehead atoms. The van der Waals surface area contributed by atoms with Gasteiger partial charge in [-0.2, -0.15) is 0 Å². The Hall–Kier alpha value is -3.27. The van der Waals surface area contributed by atoms with E-state index in [4.69, 9.17) is 4.74 Å². The smallest absolute Gasteiger partial charge is 0.263 e. The number of anilines is 1. The predicted molar refractivity (Wildman–Crippen MR) is 92.8 cm³/mol. The maximum Gasteiger partial charge on any atom is 0.263 e. The van der Waals surface area contributed by atoms with E-state index in [0.29, 0.717) is 22.9 Å². The van der Waals surface area contributed by atoms with Crippen molar-refractivity contribution in [1.29, 1.82) is 0 Å². The van der Waals surface area contributed by atoms with E-state index in [0.717, 1.165) is 0 Å². The van der Waals surface area contributed by atoms with Crippen molar-refractivity contribution < 1.29 is 14.6 Å². The van der Waals surface area contributed by atoms with Crippen LogP contribution in [0.25, 0.3) is 11.5 Å². The van der Waals surface area contributed by atoms with Gasteiger partial charge in [-0.25, -0.2) is 4.98 Å². The van der Waals surface area contributed by atoms with Crippen LogP contribution < -0.4 is 10.1 Å². The maximum absolute atomic E-state index is 12.5. The third-order valence-corrected chi connectivity index (χ3v) is 3.76. The molecule has 0 aliphatic rings. The van der Waals surface area contributed by atoms with Crippen molar-refractivity contribution in [2.45, 2.75) is 13.0 Å². The van der Waals surface area contributed by atoms with E-state index in [1.165, 1.54) is 18.1 Å². The third-order valence-electron chi connectivity index (χ3n) is 3.76. The monoisotopic (exact) mass is 357 g/mol. The van der Waals surface area contributed by atoms with Gasteiger partial charge in [0.15, 0.2) is 5.82 Å².